The summed E-state index contributed by atoms with van der Waals surface area (Å²) in [5.41, 5.74) is 3.05. The molecule has 1 saturated heterocycles. The number of aromatic nitrogens is 3. The van der Waals surface area contributed by atoms with Crippen molar-refractivity contribution in [2.24, 2.45) is 0 Å². The number of hydrogen-bond donors (Lipinski definition) is 0. The van der Waals surface area contributed by atoms with Crippen molar-refractivity contribution in [1.29, 1.82) is 0 Å². The molecule has 106 valence electrons. The van der Waals surface area contributed by atoms with Crippen molar-refractivity contribution in [1.82, 2.24) is 20.1 Å². The molecule has 1 fully saturated rings. The van der Waals surface area contributed by atoms with Crippen molar-refractivity contribution in [3.63, 3.8) is 0 Å². The van der Waals surface area contributed by atoms with Crippen LogP contribution in [0.2, 0.25) is 0 Å². The molecular formula is C14H19N5S. The van der Waals surface area contributed by atoms with E-state index in [-0.39, 0.29) is 0 Å². The Bertz CT molecular complexity index is 516. The van der Waals surface area contributed by atoms with Gasteiger partial charge in [0.1, 0.15) is 0 Å². The largest absolute Gasteiger partial charge is 0.351 e. The van der Waals surface area contributed by atoms with E-state index in [0.29, 0.717) is 6.04 Å². The maximum Gasteiger partial charge on any atom is 0.151 e. The van der Waals surface area contributed by atoms with Crippen molar-refractivity contribution in [2.75, 3.05) is 25.0 Å². The molecule has 0 amide bonds. The molecule has 1 unspecified atom stereocenters. The first-order valence-electron chi connectivity index (χ1n) is 6.93. The molecule has 0 radical (unpaired) electrons. The zero-order chi connectivity index (χ0) is 13.8. The molecule has 1 aliphatic rings. The lowest BCUT2D eigenvalue weighted by molar-refractivity contribution is 0.300. The first-order chi connectivity index (χ1) is 9.83. The molecule has 3 heterocycles. The van der Waals surface area contributed by atoms with E-state index in [1.54, 1.807) is 17.5 Å². The second-order valence-electron chi connectivity index (χ2n) is 5.25. The molecule has 0 bridgehead atoms. The Morgan fingerprint density at radius 3 is 3.20 bits per heavy atom. The number of hydrogen-bond acceptors (Lipinski definition) is 6. The monoisotopic (exact) mass is 289 g/mol. The number of anilines is 1. The van der Waals surface area contributed by atoms with Crippen molar-refractivity contribution in [3.8, 4) is 0 Å². The van der Waals surface area contributed by atoms with Gasteiger partial charge in [-0.3, -0.25) is 4.90 Å². The predicted octanol–water partition coefficient (Wildman–Crippen LogP) is 2.03. The van der Waals surface area contributed by atoms with E-state index in [0.717, 1.165) is 31.1 Å². The van der Waals surface area contributed by atoms with Crippen LogP contribution in [0, 0.1) is 0 Å². The van der Waals surface area contributed by atoms with Crippen LogP contribution >= 0.6 is 11.3 Å². The number of thiazole rings is 1. The molecule has 3 rings (SSSR count). The maximum absolute atomic E-state index is 4.35. The lowest BCUT2D eigenvalue weighted by Crippen LogP contribution is -2.39. The Labute approximate surface area is 123 Å². The highest BCUT2D eigenvalue weighted by Gasteiger charge is 2.26. The molecule has 0 saturated carbocycles. The van der Waals surface area contributed by atoms with Crippen molar-refractivity contribution < 1.29 is 0 Å². The third kappa shape index (κ3) is 3.13. The minimum atomic E-state index is 0.523. The van der Waals surface area contributed by atoms with Gasteiger partial charge in [0.15, 0.2) is 5.82 Å². The van der Waals surface area contributed by atoms with Gasteiger partial charge in [0.2, 0.25) is 0 Å². The highest BCUT2D eigenvalue weighted by molar-refractivity contribution is 7.07. The van der Waals surface area contributed by atoms with Gasteiger partial charge in [-0.2, -0.15) is 5.10 Å². The minimum absolute atomic E-state index is 0.523. The van der Waals surface area contributed by atoms with E-state index in [9.17, 15) is 0 Å². The highest BCUT2D eigenvalue weighted by atomic mass is 32.1. The van der Waals surface area contributed by atoms with Gasteiger partial charge in [-0.15, -0.1) is 16.4 Å². The second kappa shape index (κ2) is 6.28. The molecule has 2 aromatic rings. The van der Waals surface area contributed by atoms with Gasteiger partial charge >= 0.3 is 0 Å². The Morgan fingerprint density at radius 2 is 2.45 bits per heavy atom. The zero-order valence-electron chi connectivity index (χ0n) is 11.6. The quantitative estimate of drug-likeness (QED) is 0.843. The van der Waals surface area contributed by atoms with Crippen LogP contribution in [0.4, 0.5) is 5.82 Å². The number of rotatable bonds is 5. The molecule has 0 N–H and O–H groups in total. The van der Waals surface area contributed by atoms with Crippen LogP contribution in [-0.4, -0.2) is 46.3 Å². The van der Waals surface area contributed by atoms with E-state index in [1.165, 1.54) is 12.8 Å². The Hall–Kier alpha value is -1.53. The average molecular weight is 289 g/mol. The van der Waals surface area contributed by atoms with Crippen LogP contribution in [0.25, 0.3) is 0 Å². The smallest absolute Gasteiger partial charge is 0.151 e. The summed E-state index contributed by atoms with van der Waals surface area (Å²) in [7, 11) is 2.16. The van der Waals surface area contributed by atoms with E-state index in [2.05, 4.69) is 37.4 Å². The molecule has 0 aromatic carbocycles. The summed E-state index contributed by atoms with van der Waals surface area (Å²) < 4.78 is 0. The summed E-state index contributed by atoms with van der Waals surface area (Å²) in [6, 6.07) is 4.53. The molecule has 1 atom stereocenters. The minimum Gasteiger partial charge on any atom is -0.351 e. The lowest BCUT2D eigenvalue weighted by Gasteiger charge is -2.28. The van der Waals surface area contributed by atoms with E-state index in [1.807, 2.05) is 17.6 Å². The van der Waals surface area contributed by atoms with Gasteiger partial charge in [0.25, 0.3) is 0 Å². The molecule has 0 spiro atoms. The topological polar surface area (TPSA) is 45.2 Å². The highest BCUT2D eigenvalue weighted by Crippen LogP contribution is 2.23. The second-order valence-corrected chi connectivity index (χ2v) is 5.97. The van der Waals surface area contributed by atoms with E-state index in [4.69, 9.17) is 0 Å². The Kier molecular flexibility index (Phi) is 4.22. The Balaban J connectivity index is 1.61. The number of nitrogens with zero attached hydrogens (tertiary/aromatic N) is 5. The first kappa shape index (κ1) is 13.5. The van der Waals surface area contributed by atoms with Crippen molar-refractivity contribution in [3.05, 3.63) is 34.9 Å². The zero-order valence-corrected chi connectivity index (χ0v) is 12.5. The third-order valence-electron chi connectivity index (χ3n) is 3.67. The van der Waals surface area contributed by atoms with Crippen LogP contribution in [0.1, 0.15) is 18.5 Å². The fraction of sp³-hybridized carbons (Fsp3) is 0.500. The molecule has 2 aromatic heterocycles. The first-order valence-corrected chi connectivity index (χ1v) is 7.87. The van der Waals surface area contributed by atoms with Crippen LogP contribution in [0.3, 0.4) is 0 Å². The molecular weight excluding hydrogens is 270 g/mol. The fourth-order valence-corrected chi connectivity index (χ4v) is 3.34. The summed E-state index contributed by atoms with van der Waals surface area (Å²) in [4.78, 5) is 9.07. The van der Waals surface area contributed by atoms with Crippen LogP contribution in [0.15, 0.2) is 29.2 Å². The number of likely N-dealkylation sites (N-methyl/N-ethyl adjacent to an activating group) is 1. The fourth-order valence-electron chi connectivity index (χ4n) is 2.79. The summed E-state index contributed by atoms with van der Waals surface area (Å²) in [6.45, 7) is 3.02. The van der Waals surface area contributed by atoms with Gasteiger partial charge in [-0.1, -0.05) is 0 Å². The summed E-state index contributed by atoms with van der Waals surface area (Å²) in [5.74, 6) is 0.997. The molecule has 0 aliphatic carbocycles. The van der Waals surface area contributed by atoms with Gasteiger partial charge in [0.05, 0.1) is 11.2 Å². The Morgan fingerprint density at radius 1 is 1.50 bits per heavy atom. The maximum atomic E-state index is 4.35. The van der Waals surface area contributed by atoms with Gasteiger partial charge in [-0.25, -0.2) is 4.98 Å². The average Bonchev–Trinajstić information content (AvgIpc) is 3.11. The van der Waals surface area contributed by atoms with Crippen LogP contribution in [-0.2, 0) is 6.54 Å². The third-order valence-corrected chi connectivity index (χ3v) is 4.30. The van der Waals surface area contributed by atoms with Gasteiger partial charge in [-0.05, 0) is 32.0 Å². The van der Waals surface area contributed by atoms with Crippen molar-refractivity contribution in [2.45, 2.75) is 25.4 Å². The summed E-state index contributed by atoms with van der Waals surface area (Å²) in [5, 5.41) is 10.3. The molecule has 5 nitrogen and oxygen atoms in total. The van der Waals surface area contributed by atoms with E-state index >= 15 is 0 Å². The van der Waals surface area contributed by atoms with Crippen LogP contribution < -0.4 is 4.90 Å². The summed E-state index contributed by atoms with van der Waals surface area (Å²) >= 11 is 1.66. The standard InChI is InChI=1S/C14H19N5S/c1-18(8-12-10-20-11-15-12)9-13-4-3-7-19(13)14-5-2-6-16-17-14/h2,5-6,10-11,13H,3-4,7-9H2,1H3. The SMILES string of the molecule is CN(Cc1cscn1)CC1CCCN1c1cccnn1. The van der Waals surface area contributed by atoms with Gasteiger partial charge in [0, 0.05) is 37.3 Å². The van der Waals surface area contributed by atoms with Crippen LogP contribution in [0.5, 0.6) is 0 Å². The normalized spacial score (nSPS) is 18.9. The van der Waals surface area contributed by atoms with Crippen molar-refractivity contribution >= 4 is 17.2 Å². The van der Waals surface area contributed by atoms with E-state index < -0.39 is 0 Å². The molecule has 20 heavy (non-hydrogen) atoms. The summed E-state index contributed by atoms with van der Waals surface area (Å²) in [6.07, 6.45) is 4.17. The lowest BCUT2D eigenvalue weighted by atomic mass is 10.2. The molecule has 6 heteroatoms. The molecule has 1 aliphatic heterocycles. The van der Waals surface area contributed by atoms with Gasteiger partial charge < -0.3 is 4.90 Å². The predicted molar refractivity (Wildman–Crippen MR) is 80.8 cm³/mol.